The van der Waals surface area contributed by atoms with E-state index in [2.05, 4.69) is 12.2 Å². The van der Waals surface area contributed by atoms with Gasteiger partial charge in [-0.2, -0.15) is 0 Å². The number of carbonyl (C=O) groups excluding carboxylic acids is 1. The number of hydrogen-bond donors (Lipinski definition) is 2. The van der Waals surface area contributed by atoms with Crippen molar-refractivity contribution in [2.45, 2.75) is 65.0 Å². The summed E-state index contributed by atoms with van der Waals surface area (Å²) in [5.74, 6) is 0.0505. The second-order valence-electron chi connectivity index (χ2n) is 4.00. The van der Waals surface area contributed by atoms with Crippen LogP contribution in [0.2, 0.25) is 0 Å². The number of amides is 1. The highest BCUT2D eigenvalue weighted by molar-refractivity contribution is 5.76. The second-order valence-corrected chi connectivity index (χ2v) is 4.00. The Morgan fingerprint density at radius 1 is 1.36 bits per heavy atom. The van der Waals surface area contributed by atoms with E-state index in [9.17, 15) is 4.79 Å². The molecule has 0 aromatic heterocycles. The van der Waals surface area contributed by atoms with Gasteiger partial charge in [-0.25, -0.2) is 0 Å². The van der Waals surface area contributed by atoms with Crippen LogP contribution in [0.4, 0.5) is 0 Å². The highest BCUT2D eigenvalue weighted by atomic mass is 16.3. The van der Waals surface area contributed by atoms with Crippen LogP contribution < -0.4 is 5.32 Å². The second kappa shape index (κ2) is 7.80. The number of nitrogens with one attached hydrogen (secondary N) is 1. The molecule has 0 aromatic rings. The Bertz CT molecular complexity index is 157. The van der Waals surface area contributed by atoms with Crippen molar-refractivity contribution in [3.8, 4) is 0 Å². The van der Waals surface area contributed by atoms with E-state index in [0.717, 1.165) is 19.3 Å². The first-order chi connectivity index (χ1) is 6.56. The van der Waals surface area contributed by atoms with Gasteiger partial charge in [0.25, 0.3) is 0 Å². The number of rotatable bonds is 7. The number of carbonyl (C=O) groups is 1. The largest absolute Gasteiger partial charge is 0.393 e. The fraction of sp³-hybridized carbons (Fsp3) is 0.909. The number of hydrogen-bond acceptors (Lipinski definition) is 2. The summed E-state index contributed by atoms with van der Waals surface area (Å²) < 4.78 is 0. The molecular weight excluding hydrogens is 178 g/mol. The van der Waals surface area contributed by atoms with E-state index in [4.69, 9.17) is 5.11 Å². The molecule has 2 atom stereocenters. The summed E-state index contributed by atoms with van der Waals surface area (Å²) in [6.45, 7) is 5.87. The Morgan fingerprint density at radius 2 is 2.00 bits per heavy atom. The third-order valence-corrected chi connectivity index (χ3v) is 2.19. The molecule has 84 valence electrons. The molecule has 0 fully saturated rings. The van der Waals surface area contributed by atoms with Crippen LogP contribution in [0, 0.1) is 0 Å². The van der Waals surface area contributed by atoms with Crippen molar-refractivity contribution in [1.82, 2.24) is 5.32 Å². The Kier molecular flexibility index (Phi) is 7.48. The molecule has 0 radical (unpaired) electrons. The van der Waals surface area contributed by atoms with Gasteiger partial charge >= 0.3 is 0 Å². The first-order valence-electron chi connectivity index (χ1n) is 5.53. The standard InChI is InChI=1S/C11H23NO2/c1-4-5-6-9(2)12-11(14)8-7-10(3)13/h9-10,13H,4-8H2,1-3H3,(H,12,14). The molecular formula is C11H23NO2. The van der Waals surface area contributed by atoms with Gasteiger partial charge in [0.05, 0.1) is 6.10 Å². The van der Waals surface area contributed by atoms with Crippen LogP contribution in [0.25, 0.3) is 0 Å². The fourth-order valence-corrected chi connectivity index (χ4v) is 1.27. The zero-order chi connectivity index (χ0) is 11.0. The lowest BCUT2D eigenvalue weighted by atomic mass is 10.1. The first kappa shape index (κ1) is 13.4. The third kappa shape index (κ3) is 8.05. The van der Waals surface area contributed by atoms with Gasteiger partial charge in [-0.3, -0.25) is 4.79 Å². The molecule has 0 saturated carbocycles. The lowest BCUT2D eigenvalue weighted by Gasteiger charge is -2.13. The first-order valence-corrected chi connectivity index (χ1v) is 5.53. The minimum absolute atomic E-state index is 0.0505. The molecule has 14 heavy (non-hydrogen) atoms. The highest BCUT2D eigenvalue weighted by Gasteiger charge is 2.07. The average Bonchev–Trinajstić information content (AvgIpc) is 2.11. The molecule has 0 aromatic carbocycles. The van der Waals surface area contributed by atoms with Crippen molar-refractivity contribution < 1.29 is 9.90 Å². The summed E-state index contributed by atoms with van der Waals surface area (Å²) in [6.07, 6.45) is 3.94. The molecule has 0 spiro atoms. The van der Waals surface area contributed by atoms with E-state index in [1.165, 1.54) is 0 Å². The Balaban J connectivity index is 3.50. The molecule has 3 nitrogen and oxygen atoms in total. The van der Waals surface area contributed by atoms with Crippen molar-refractivity contribution >= 4 is 5.91 Å². The number of aliphatic hydroxyl groups excluding tert-OH is 1. The Hall–Kier alpha value is -0.570. The normalized spacial score (nSPS) is 14.9. The van der Waals surface area contributed by atoms with Gasteiger partial charge in [-0.15, -0.1) is 0 Å². The van der Waals surface area contributed by atoms with E-state index in [1.54, 1.807) is 6.92 Å². The smallest absolute Gasteiger partial charge is 0.220 e. The molecule has 0 bridgehead atoms. The van der Waals surface area contributed by atoms with Crippen LogP contribution in [0.5, 0.6) is 0 Å². The minimum atomic E-state index is -0.383. The molecule has 2 unspecified atom stereocenters. The molecule has 2 N–H and O–H groups in total. The highest BCUT2D eigenvalue weighted by Crippen LogP contribution is 2.01. The minimum Gasteiger partial charge on any atom is -0.393 e. The van der Waals surface area contributed by atoms with E-state index >= 15 is 0 Å². The molecule has 0 aliphatic rings. The monoisotopic (exact) mass is 201 g/mol. The molecule has 0 saturated heterocycles. The van der Waals surface area contributed by atoms with Gasteiger partial charge in [-0.1, -0.05) is 19.8 Å². The average molecular weight is 201 g/mol. The van der Waals surface area contributed by atoms with Gasteiger partial charge in [0.1, 0.15) is 0 Å². The maximum atomic E-state index is 11.3. The van der Waals surface area contributed by atoms with Crippen LogP contribution in [-0.2, 0) is 4.79 Å². The molecule has 1 amide bonds. The van der Waals surface area contributed by atoms with E-state index in [1.807, 2.05) is 6.92 Å². The Morgan fingerprint density at radius 3 is 2.50 bits per heavy atom. The zero-order valence-electron chi connectivity index (χ0n) is 9.55. The molecule has 0 aliphatic carbocycles. The summed E-state index contributed by atoms with van der Waals surface area (Å²) in [5, 5.41) is 11.9. The predicted molar refractivity (Wildman–Crippen MR) is 58.0 cm³/mol. The van der Waals surface area contributed by atoms with Crippen molar-refractivity contribution in [3.05, 3.63) is 0 Å². The third-order valence-electron chi connectivity index (χ3n) is 2.19. The summed E-state index contributed by atoms with van der Waals surface area (Å²) in [7, 11) is 0. The molecule has 0 aliphatic heterocycles. The molecule has 0 heterocycles. The number of aliphatic hydroxyl groups is 1. The summed E-state index contributed by atoms with van der Waals surface area (Å²) in [5.41, 5.74) is 0. The maximum Gasteiger partial charge on any atom is 0.220 e. The van der Waals surface area contributed by atoms with Crippen LogP contribution in [-0.4, -0.2) is 23.2 Å². The van der Waals surface area contributed by atoms with Crippen molar-refractivity contribution in [1.29, 1.82) is 0 Å². The fourth-order valence-electron chi connectivity index (χ4n) is 1.27. The predicted octanol–water partition coefficient (Wildman–Crippen LogP) is 1.84. The topological polar surface area (TPSA) is 49.3 Å². The van der Waals surface area contributed by atoms with Crippen molar-refractivity contribution in [3.63, 3.8) is 0 Å². The zero-order valence-corrected chi connectivity index (χ0v) is 9.55. The quantitative estimate of drug-likeness (QED) is 0.660. The van der Waals surface area contributed by atoms with E-state index < -0.39 is 0 Å². The SMILES string of the molecule is CCCCC(C)NC(=O)CCC(C)O. The van der Waals surface area contributed by atoms with Gasteiger partial charge in [-0.05, 0) is 26.7 Å². The van der Waals surface area contributed by atoms with Crippen LogP contribution >= 0.6 is 0 Å². The Labute approximate surface area is 86.9 Å². The molecule has 0 rings (SSSR count). The van der Waals surface area contributed by atoms with E-state index in [-0.39, 0.29) is 18.1 Å². The number of unbranched alkanes of at least 4 members (excludes halogenated alkanes) is 1. The summed E-state index contributed by atoms with van der Waals surface area (Å²) in [4.78, 5) is 11.3. The van der Waals surface area contributed by atoms with Crippen LogP contribution in [0.15, 0.2) is 0 Å². The van der Waals surface area contributed by atoms with E-state index in [0.29, 0.717) is 12.8 Å². The van der Waals surface area contributed by atoms with Crippen molar-refractivity contribution in [2.24, 2.45) is 0 Å². The van der Waals surface area contributed by atoms with Gasteiger partial charge in [0, 0.05) is 12.5 Å². The van der Waals surface area contributed by atoms with Gasteiger partial charge in [0.2, 0.25) is 5.91 Å². The maximum absolute atomic E-state index is 11.3. The summed E-state index contributed by atoms with van der Waals surface area (Å²) >= 11 is 0. The summed E-state index contributed by atoms with van der Waals surface area (Å²) in [6, 6.07) is 0.261. The van der Waals surface area contributed by atoms with Crippen molar-refractivity contribution in [2.75, 3.05) is 0 Å². The van der Waals surface area contributed by atoms with Gasteiger partial charge in [0.15, 0.2) is 0 Å². The van der Waals surface area contributed by atoms with Crippen LogP contribution in [0.1, 0.15) is 52.9 Å². The van der Waals surface area contributed by atoms with Crippen LogP contribution in [0.3, 0.4) is 0 Å². The lowest BCUT2D eigenvalue weighted by Crippen LogP contribution is -2.32. The van der Waals surface area contributed by atoms with Gasteiger partial charge < -0.3 is 10.4 Å². The molecule has 3 heteroatoms. The lowest BCUT2D eigenvalue weighted by molar-refractivity contribution is -0.122.